The molecule has 1 heterocycles. The van der Waals surface area contributed by atoms with Crippen LogP contribution in [0.25, 0.3) is 0 Å². The number of hydrogen-bond acceptors (Lipinski definition) is 9. The van der Waals surface area contributed by atoms with Crippen molar-refractivity contribution in [2.75, 3.05) is 6.54 Å². The third-order valence-corrected chi connectivity index (χ3v) is 5.21. The fourth-order valence-electron chi connectivity index (χ4n) is 3.26. The molecule has 0 spiro atoms. The zero-order chi connectivity index (χ0) is 29.5. The average Bonchev–Trinajstić information content (AvgIpc) is 3.35. The highest BCUT2D eigenvalue weighted by molar-refractivity contribution is 5.95. The van der Waals surface area contributed by atoms with Gasteiger partial charge in [-0.2, -0.15) is 0 Å². The maximum Gasteiger partial charge on any atom is 0.326 e. The van der Waals surface area contributed by atoms with E-state index in [1.165, 1.54) is 12.5 Å². The molecule has 0 radical (unpaired) electrons. The van der Waals surface area contributed by atoms with Crippen molar-refractivity contribution in [3.8, 4) is 0 Å². The fraction of sp³-hybridized carbons (Fsp3) is 0.524. The van der Waals surface area contributed by atoms with Gasteiger partial charge in [-0.15, -0.1) is 0 Å². The number of carboxylic acid groups (broad SMARTS) is 2. The summed E-state index contributed by atoms with van der Waals surface area (Å²) in [4.78, 5) is 82.6. The van der Waals surface area contributed by atoms with Gasteiger partial charge in [-0.3, -0.25) is 29.0 Å². The second-order valence-electron chi connectivity index (χ2n) is 8.46. The predicted molar refractivity (Wildman–Crippen MR) is 134 cm³/mol. The van der Waals surface area contributed by atoms with Crippen LogP contribution in [0.1, 0.15) is 37.8 Å². The van der Waals surface area contributed by atoms with Gasteiger partial charge in [0.05, 0.1) is 18.8 Å². The summed E-state index contributed by atoms with van der Waals surface area (Å²) in [5.41, 5.74) is 22.0. The zero-order valence-electron chi connectivity index (χ0n) is 21.0. The Morgan fingerprint density at radius 2 is 1.51 bits per heavy atom. The predicted octanol–water partition coefficient (Wildman–Crippen LogP) is -4.39. The van der Waals surface area contributed by atoms with E-state index in [4.69, 9.17) is 28.0 Å². The number of guanidine groups is 1. The van der Waals surface area contributed by atoms with E-state index in [0.717, 1.165) is 0 Å². The molecule has 0 aliphatic rings. The zero-order valence-corrected chi connectivity index (χ0v) is 21.0. The normalized spacial score (nSPS) is 13.7. The molecule has 4 atom stereocenters. The van der Waals surface area contributed by atoms with Gasteiger partial charge in [-0.05, 0) is 19.3 Å². The van der Waals surface area contributed by atoms with E-state index < -0.39 is 72.6 Å². The molecule has 18 nitrogen and oxygen atoms in total. The molecule has 1 aromatic heterocycles. The first kappa shape index (κ1) is 32.3. The Balaban J connectivity index is 3.05. The van der Waals surface area contributed by atoms with Gasteiger partial charge in [0.2, 0.25) is 23.6 Å². The van der Waals surface area contributed by atoms with Crippen molar-refractivity contribution >= 4 is 41.5 Å². The number of imidazole rings is 1. The first-order chi connectivity index (χ1) is 18.3. The van der Waals surface area contributed by atoms with Gasteiger partial charge in [-0.1, -0.05) is 0 Å². The van der Waals surface area contributed by atoms with Crippen LogP contribution in [0.3, 0.4) is 0 Å². The number of nitrogens with zero attached hydrogens (tertiary/aromatic N) is 2. The van der Waals surface area contributed by atoms with Crippen molar-refractivity contribution in [3.05, 3.63) is 18.2 Å². The minimum atomic E-state index is -1.67. The molecule has 18 heteroatoms. The summed E-state index contributed by atoms with van der Waals surface area (Å²) in [6.45, 7) is 0.0628. The maximum atomic E-state index is 13.1. The van der Waals surface area contributed by atoms with E-state index in [2.05, 4.69) is 30.9 Å². The molecular formula is C21H34N10O8. The molecule has 4 unspecified atom stereocenters. The molecule has 4 amide bonds. The number of H-pyrrole nitrogens is 1. The van der Waals surface area contributed by atoms with Crippen LogP contribution in [-0.4, -0.2) is 92.4 Å². The molecule has 0 saturated carbocycles. The van der Waals surface area contributed by atoms with Crippen LogP contribution in [-0.2, 0) is 35.2 Å². The second-order valence-corrected chi connectivity index (χ2v) is 8.46. The van der Waals surface area contributed by atoms with Gasteiger partial charge in [0.1, 0.15) is 18.1 Å². The van der Waals surface area contributed by atoms with Crippen molar-refractivity contribution in [2.24, 2.45) is 27.9 Å². The van der Waals surface area contributed by atoms with Gasteiger partial charge in [0, 0.05) is 31.3 Å². The van der Waals surface area contributed by atoms with Gasteiger partial charge in [-0.25, -0.2) is 9.78 Å². The molecule has 14 N–H and O–H groups in total. The van der Waals surface area contributed by atoms with Crippen molar-refractivity contribution < 1.29 is 39.0 Å². The summed E-state index contributed by atoms with van der Waals surface area (Å²) in [5, 5.41) is 25.2. The van der Waals surface area contributed by atoms with E-state index in [9.17, 15) is 33.9 Å². The summed E-state index contributed by atoms with van der Waals surface area (Å²) in [6, 6.07) is -5.57. The number of aliphatic imine (C=N–C) groups is 1. The third-order valence-electron chi connectivity index (χ3n) is 5.21. The summed E-state index contributed by atoms with van der Waals surface area (Å²) in [6.07, 6.45) is 1.41. The lowest BCUT2D eigenvalue weighted by Gasteiger charge is -2.25. The fourth-order valence-corrected chi connectivity index (χ4v) is 3.26. The number of aliphatic carboxylic acids is 2. The van der Waals surface area contributed by atoms with E-state index in [1.54, 1.807) is 0 Å². The van der Waals surface area contributed by atoms with Crippen LogP contribution < -0.4 is 38.9 Å². The minimum Gasteiger partial charge on any atom is -0.481 e. The van der Waals surface area contributed by atoms with Crippen LogP contribution >= 0.6 is 0 Å². The number of nitrogens with two attached hydrogens (primary N) is 4. The lowest BCUT2D eigenvalue weighted by Crippen LogP contribution is -2.57. The Hall–Kier alpha value is -4.74. The summed E-state index contributed by atoms with van der Waals surface area (Å²) in [5.74, 6) is -6.65. The first-order valence-corrected chi connectivity index (χ1v) is 11.7. The molecule has 0 saturated heterocycles. The number of rotatable bonds is 18. The average molecular weight is 555 g/mol. The topological polar surface area (TPSA) is 324 Å². The summed E-state index contributed by atoms with van der Waals surface area (Å²) < 4.78 is 0. The highest BCUT2D eigenvalue weighted by Gasteiger charge is 2.31. The Labute approximate surface area is 222 Å². The molecule has 0 fully saturated rings. The number of aromatic nitrogens is 2. The molecule has 39 heavy (non-hydrogen) atoms. The van der Waals surface area contributed by atoms with E-state index >= 15 is 0 Å². The van der Waals surface area contributed by atoms with Crippen LogP contribution in [0.2, 0.25) is 0 Å². The molecule has 0 aromatic carbocycles. The highest BCUT2D eigenvalue weighted by Crippen LogP contribution is 2.06. The quantitative estimate of drug-likeness (QED) is 0.0467. The van der Waals surface area contributed by atoms with Crippen molar-refractivity contribution in [2.45, 2.75) is 62.7 Å². The molecule has 0 bridgehead atoms. The Kier molecular flexibility index (Phi) is 13.4. The number of amides is 4. The largest absolute Gasteiger partial charge is 0.481 e. The highest BCUT2D eigenvalue weighted by atomic mass is 16.4. The van der Waals surface area contributed by atoms with Gasteiger partial charge < -0.3 is 54.1 Å². The maximum absolute atomic E-state index is 13.1. The molecule has 0 aliphatic carbocycles. The number of aromatic amines is 1. The van der Waals surface area contributed by atoms with Crippen LogP contribution in [0.5, 0.6) is 0 Å². The second kappa shape index (κ2) is 16.2. The SMILES string of the molecule is NC(=O)CC(NC(=O)C(CCCN=C(N)N)NC(=O)C(CCC(=O)O)NC(=O)C(N)Cc1cnc[nH]1)C(=O)O. The first-order valence-electron chi connectivity index (χ1n) is 11.7. The Bertz CT molecular complexity index is 1040. The number of carbonyl (C=O) groups excluding carboxylic acids is 4. The summed E-state index contributed by atoms with van der Waals surface area (Å²) in [7, 11) is 0. The monoisotopic (exact) mass is 554 g/mol. The smallest absolute Gasteiger partial charge is 0.326 e. The number of carbonyl (C=O) groups is 6. The van der Waals surface area contributed by atoms with Crippen molar-refractivity contribution in [1.82, 2.24) is 25.9 Å². The number of nitrogens with one attached hydrogen (secondary N) is 4. The summed E-state index contributed by atoms with van der Waals surface area (Å²) >= 11 is 0. The standard InChI is InChI=1S/C21H34N10O8/c22-11(6-10-8-26-9-28-10)17(35)29-13(3-4-16(33)34)19(37)30-12(2-1-5-27-21(24)25)18(36)31-14(20(38)39)7-15(23)32/h8-9,11-14H,1-7,22H2,(H2,23,32)(H,26,28)(H,29,35)(H,30,37)(H,31,36)(H,33,34)(H,38,39)(H4,24,25,27). The number of hydrogen-bond donors (Lipinski definition) is 10. The van der Waals surface area contributed by atoms with E-state index in [1.807, 2.05) is 0 Å². The van der Waals surface area contributed by atoms with Crippen LogP contribution in [0.4, 0.5) is 0 Å². The van der Waals surface area contributed by atoms with Gasteiger partial charge in [0.25, 0.3) is 0 Å². The molecule has 0 aliphatic heterocycles. The van der Waals surface area contributed by atoms with Crippen LogP contribution in [0, 0.1) is 0 Å². The van der Waals surface area contributed by atoms with Crippen LogP contribution in [0.15, 0.2) is 17.5 Å². The Morgan fingerprint density at radius 3 is 2.03 bits per heavy atom. The molecular weight excluding hydrogens is 520 g/mol. The van der Waals surface area contributed by atoms with Crippen molar-refractivity contribution in [1.29, 1.82) is 0 Å². The third kappa shape index (κ3) is 12.9. The van der Waals surface area contributed by atoms with Gasteiger partial charge >= 0.3 is 11.9 Å². The van der Waals surface area contributed by atoms with E-state index in [-0.39, 0.29) is 38.2 Å². The number of carboxylic acids is 2. The van der Waals surface area contributed by atoms with Gasteiger partial charge in [0.15, 0.2) is 5.96 Å². The van der Waals surface area contributed by atoms with E-state index in [0.29, 0.717) is 5.69 Å². The Morgan fingerprint density at radius 1 is 0.923 bits per heavy atom. The number of primary amides is 1. The lowest BCUT2D eigenvalue weighted by atomic mass is 10.1. The lowest BCUT2D eigenvalue weighted by molar-refractivity contribution is -0.143. The molecule has 1 aromatic rings. The van der Waals surface area contributed by atoms with Crippen molar-refractivity contribution in [3.63, 3.8) is 0 Å². The minimum absolute atomic E-state index is 0.0470. The molecule has 1 rings (SSSR count). The molecule has 216 valence electrons.